The summed E-state index contributed by atoms with van der Waals surface area (Å²) in [7, 11) is 0. The van der Waals surface area contributed by atoms with E-state index in [0.29, 0.717) is 19.3 Å². The van der Waals surface area contributed by atoms with E-state index in [4.69, 9.17) is 22.3 Å². The van der Waals surface area contributed by atoms with Gasteiger partial charge in [-0.25, -0.2) is 9.59 Å². The molecule has 0 heterocycles. The van der Waals surface area contributed by atoms with E-state index < -0.39 is 30.1 Å². The molecule has 0 aromatic carbocycles. The molecule has 0 rings (SSSR count). The lowest BCUT2D eigenvalue weighted by Gasteiger charge is -2.22. The van der Waals surface area contributed by atoms with Gasteiger partial charge in [0.2, 0.25) is 5.91 Å². The average Bonchev–Trinajstić information content (AvgIpc) is 2.64. The highest BCUT2D eigenvalue weighted by Gasteiger charge is 2.27. The zero-order valence-corrected chi connectivity index (χ0v) is 15.5. The average molecular weight is 364 g/mol. The largest absolute Gasteiger partial charge is 0.451 e. The lowest BCUT2D eigenvalue weighted by molar-refractivity contribution is -0.147. The van der Waals surface area contributed by atoms with Crippen molar-refractivity contribution >= 4 is 18.0 Å². The Hall–Kier alpha value is -2.67. The number of rotatable bonds is 12. The number of esters is 1. The maximum Gasteiger partial charge on any atom is 0.408 e. The summed E-state index contributed by atoms with van der Waals surface area (Å²) < 4.78 is 9.66. The number of carbonyl (C=O) groups is 3. The summed E-state index contributed by atoms with van der Waals surface area (Å²) in [6.07, 6.45) is 13.3. The summed E-state index contributed by atoms with van der Waals surface area (Å²) in [5, 5.41) is 5.12. The van der Waals surface area contributed by atoms with Crippen molar-refractivity contribution in [2.24, 2.45) is 0 Å². The number of hydrogen-bond donors (Lipinski definition) is 2. The van der Waals surface area contributed by atoms with E-state index in [1.165, 1.54) is 0 Å². The Bertz CT molecular complexity index is 533. The van der Waals surface area contributed by atoms with Gasteiger partial charge in [0.25, 0.3) is 0 Å². The van der Waals surface area contributed by atoms with E-state index in [-0.39, 0.29) is 13.2 Å². The highest BCUT2D eigenvalue weighted by atomic mass is 16.5. The zero-order valence-electron chi connectivity index (χ0n) is 15.5. The number of nitrogens with one attached hydrogen (secondary N) is 2. The van der Waals surface area contributed by atoms with Crippen LogP contribution in [0.25, 0.3) is 0 Å². The monoisotopic (exact) mass is 364 g/mol. The molecule has 0 aliphatic carbocycles. The van der Waals surface area contributed by atoms with Crippen LogP contribution in [0.4, 0.5) is 4.79 Å². The molecule has 26 heavy (non-hydrogen) atoms. The molecule has 0 aliphatic rings. The standard InChI is InChI=1S/C19H28N2O5/c1-5-9-11-15(21-19(24)26-14-8-4)17(22)20-16(12-10-6-2)18(23)25-13-7-3/h3-4,15-16H,5-6,9-14H2,1-2H3,(H,20,22)(H,21,24). The molecule has 2 amide bonds. The molecule has 144 valence electrons. The van der Waals surface area contributed by atoms with E-state index in [1.54, 1.807) is 0 Å². The van der Waals surface area contributed by atoms with E-state index in [9.17, 15) is 14.4 Å². The molecule has 0 saturated carbocycles. The van der Waals surface area contributed by atoms with Crippen LogP contribution in [0.2, 0.25) is 0 Å². The van der Waals surface area contributed by atoms with E-state index >= 15 is 0 Å². The number of hydrogen-bond acceptors (Lipinski definition) is 5. The van der Waals surface area contributed by atoms with Gasteiger partial charge in [0.15, 0.2) is 13.2 Å². The molecule has 7 nitrogen and oxygen atoms in total. The van der Waals surface area contributed by atoms with Crippen molar-refractivity contribution in [3.8, 4) is 24.7 Å². The van der Waals surface area contributed by atoms with Gasteiger partial charge < -0.3 is 20.1 Å². The molecule has 0 fully saturated rings. The van der Waals surface area contributed by atoms with Crippen molar-refractivity contribution in [2.75, 3.05) is 13.2 Å². The Morgan fingerprint density at radius 2 is 1.42 bits per heavy atom. The molecule has 0 aromatic heterocycles. The van der Waals surface area contributed by atoms with Gasteiger partial charge in [0.05, 0.1) is 0 Å². The number of ether oxygens (including phenoxy) is 2. The van der Waals surface area contributed by atoms with Gasteiger partial charge in [-0.15, -0.1) is 12.8 Å². The van der Waals surface area contributed by atoms with Crippen LogP contribution in [0.1, 0.15) is 52.4 Å². The summed E-state index contributed by atoms with van der Waals surface area (Å²) in [4.78, 5) is 36.3. The molecule has 0 bridgehead atoms. The predicted molar refractivity (Wildman–Crippen MR) is 97.9 cm³/mol. The first-order chi connectivity index (χ1) is 12.5. The van der Waals surface area contributed by atoms with Crippen molar-refractivity contribution < 1.29 is 23.9 Å². The minimum atomic E-state index is -0.829. The number of terminal acetylenes is 2. The summed E-state index contributed by atoms with van der Waals surface area (Å²) in [6.45, 7) is 3.59. The smallest absolute Gasteiger partial charge is 0.408 e. The fraction of sp³-hybridized carbons (Fsp3) is 0.632. The molecule has 0 aliphatic heterocycles. The van der Waals surface area contributed by atoms with Crippen LogP contribution >= 0.6 is 0 Å². The molecular formula is C19H28N2O5. The molecule has 2 N–H and O–H groups in total. The Balaban J connectivity index is 4.94. The lowest BCUT2D eigenvalue weighted by atomic mass is 10.1. The van der Waals surface area contributed by atoms with Gasteiger partial charge in [-0.05, 0) is 12.8 Å². The van der Waals surface area contributed by atoms with Crippen LogP contribution in [0.5, 0.6) is 0 Å². The summed E-state index contributed by atoms with van der Waals surface area (Å²) in [6, 6.07) is -1.65. The topological polar surface area (TPSA) is 93.7 Å². The Morgan fingerprint density at radius 3 is 1.96 bits per heavy atom. The van der Waals surface area contributed by atoms with Gasteiger partial charge in [-0.2, -0.15) is 0 Å². The second-order valence-electron chi connectivity index (χ2n) is 5.63. The second kappa shape index (κ2) is 14.7. The maximum atomic E-state index is 12.5. The van der Waals surface area contributed by atoms with Crippen molar-refractivity contribution in [3.05, 3.63) is 0 Å². The van der Waals surface area contributed by atoms with Crippen molar-refractivity contribution in [1.82, 2.24) is 10.6 Å². The first-order valence-corrected chi connectivity index (χ1v) is 8.77. The summed E-state index contributed by atoms with van der Waals surface area (Å²) in [5.41, 5.74) is 0. The third-order valence-corrected chi connectivity index (χ3v) is 3.49. The van der Waals surface area contributed by atoms with Crippen LogP contribution in [0, 0.1) is 24.7 Å². The van der Waals surface area contributed by atoms with Crippen molar-refractivity contribution in [2.45, 2.75) is 64.5 Å². The van der Waals surface area contributed by atoms with Crippen LogP contribution < -0.4 is 10.6 Å². The fourth-order valence-electron chi connectivity index (χ4n) is 2.11. The third kappa shape index (κ3) is 10.2. The Labute approximate surface area is 155 Å². The van der Waals surface area contributed by atoms with E-state index in [0.717, 1.165) is 19.3 Å². The van der Waals surface area contributed by atoms with Gasteiger partial charge in [-0.1, -0.05) is 51.4 Å². The molecule has 0 aromatic rings. The molecule has 7 heteroatoms. The molecule has 2 atom stereocenters. The predicted octanol–water partition coefficient (Wildman–Crippen LogP) is 1.76. The van der Waals surface area contributed by atoms with Crippen LogP contribution in [-0.2, 0) is 19.1 Å². The minimum Gasteiger partial charge on any atom is -0.451 e. The summed E-state index contributed by atoms with van der Waals surface area (Å²) >= 11 is 0. The highest BCUT2D eigenvalue weighted by molar-refractivity contribution is 5.89. The Kier molecular flexibility index (Phi) is 13.1. The van der Waals surface area contributed by atoms with Crippen molar-refractivity contribution in [1.29, 1.82) is 0 Å². The number of unbranched alkanes of at least 4 members (excludes halogenated alkanes) is 2. The SMILES string of the molecule is C#CCOC(=O)NC(CCCC)C(=O)NC(CCCC)C(=O)OCC#C. The van der Waals surface area contributed by atoms with E-state index in [1.807, 2.05) is 13.8 Å². The second-order valence-corrected chi connectivity index (χ2v) is 5.63. The number of alkyl carbamates (subject to hydrolysis) is 1. The summed E-state index contributed by atoms with van der Waals surface area (Å²) in [5.74, 6) is 3.32. The normalized spacial score (nSPS) is 12.0. The van der Waals surface area contributed by atoms with Crippen LogP contribution in [-0.4, -0.2) is 43.3 Å². The highest BCUT2D eigenvalue weighted by Crippen LogP contribution is 2.06. The fourth-order valence-corrected chi connectivity index (χ4v) is 2.11. The van der Waals surface area contributed by atoms with Gasteiger partial charge in [-0.3, -0.25) is 4.79 Å². The number of carbonyl (C=O) groups excluding carboxylic acids is 3. The zero-order chi connectivity index (χ0) is 19.8. The molecule has 0 saturated heterocycles. The first-order valence-electron chi connectivity index (χ1n) is 8.77. The maximum absolute atomic E-state index is 12.5. The minimum absolute atomic E-state index is 0.159. The lowest BCUT2D eigenvalue weighted by Crippen LogP contribution is -2.52. The molecule has 0 spiro atoms. The molecular weight excluding hydrogens is 336 g/mol. The van der Waals surface area contributed by atoms with Crippen LogP contribution in [0.3, 0.4) is 0 Å². The number of amides is 2. The van der Waals surface area contributed by atoms with Gasteiger partial charge in [0.1, 0.15) is 12.1 Å². The van der Waals surface area contributed by atoms with Gasteiger partial charge in [0, 0.05) is 0 Å². The first kappa shape index (κ1) is 23.3. The van der Waals surface area contributed by atoms with Gasteiger partial charge >= 0.3 is 12.1 Å². The molecule has 0 radical (unpaired) electrons. The van der Waals surface area contributed by atoms with Crippen LogP contribution in [0.15, 0.2) is 0 Å². The van der Waals surface area contributed by atoms with Crippen molar-refractivity contribution in [3.63, 3.8) is 0 Å². The third-order valence-electron chi connectivity index (χ3n) is 3.49. The van der Waals surface area contributed by atoms with E-state index in [2.05, 4.69) is 22.5 Å². The Morgan fingerprint density at radius 1 is 0.885 bits per heavy atom. The quantitative estimate of drug-likeness (QED) is 0.406. The molecule has 2 unspecified atom stereocenters.